The van der Waals surface area contributed by atoms with Gasteiger partial charge >= 0.3 is 0 Å². The fraction of sp³-hybridized carbons (Fsp3) is 0.625. The fourth-order valence-corrected chi connectivity index (χ4v) is 2.43. The standard InChI is InChI=1S/C16H27NO2/c1-4-16(10-12-18-2,14-17-11-13-19-3)15-8-6-5-7-9-15/h5-9,17H,4,10-14H2,1-3H3. The summed E-state index contributed by atoms with van der Waals surface area (Å²) in [5, 5.41) is 3.50. The van der Waals surface area contributed by atoms with Crippen LogP contribution in [0.2, 0.25) is 0 Å². The average Bonchev–Trinajstić information content (AvgIpc) is 2.48. The molecule has 1 unspecified atom stereocenters. The number of rotatable bonds is 10. The van der Waals surface area contributed by atoms with Gasteiger partial charge in [0.15, 0.2) is 0 Å². The van der Waals surface area contributed by atoms with E-state index in [0.29, 0.717) is 0 Å². The maximum Gasteiger partial charge on any atom is 0.0587 e. The van der Waals surface area contributed by atoms with E-state index in [2.05, 4.69) is 42.6 Å². The Bertz CT molecular complexity index is 329. The third kappa shape index (κ3) is 4.94. The van der Waals surface area contributed by atoms with Crippen molar-refractivity contribution < 1.29 is 9.47 Å². The molecule has 0 spiro atoms. The molecule has 1 atom stereocenters. The molecule has 3 heteroatoms. The van der Waals surface area contributed by atoms with Crippen LogP contribution in [-0.4, -0.2) is 40.5 Å². The first kappa shape index (κ1) is 16.2. The molecule has 19 heavy (non-hydrogen) atoms. The minimum absolute atomic E-state index is 0.144. The third-order valence-corrected chi connectivity index (χ3v) is 3.79. The smallest absolute Gasteiger partial charge is 0.0587 e. The van der Waals surface area contributed by atoms with Gasteiger partial charge in [0.05, 0.1) is 6.61 Å². The van der Waals surface area contributed by atoms with Crippen molar-refractivity contribution in [3.8, 4) is 0 Å². The summed E-state index contributed by atoms with van der Waals surface area (Å²) in [6.45, 7) is 5.63. The van der Waals surface area contributed by atoms with Gasteiger partial charge in [-0.25, -0.2) is 0 Å². The van der Waals surface area contributed by atoms with Gasteiger partial charge in [-0.1, -0.05) is 37.3 Å². The Morgan fingerprint density at radius 3 is 2.32 bits per heavy atom. The number of nitrogens with one attached hydrogen (secondary N) is 1. The normalized spacial score (nSPS) is 14.3. The molecule has 0 radical (unpaired) electrons. The second kappa shape index (κ2) is 9.08. The Hall–Kier alpha value is -0.900. The zero-order chi connectivity index (χ0) is 14.0. The van der Waals surface area contributed by atoms with E-state index in [0.717, 1.165) is 39.1 Å². The molecule has 0 aliphatic heterocycles. The Morgan fingerprint density at radius 1 is 1.05 bits per heavy atom. The van der Waals surface area contributed by atoms with Crippen LogP contribution in [0.25, 0.3) is 0 Å². The van der Waals surface area contributed by atoms with E-state index in [1.807, 2.05) is 0 Å². The Balaban J connectivity index is 2.75. The first-order chi connectivity index (χ1) is 9.29. The molecule has 3 nitrogen and oxygen atoms in total. The molecule has 0 saturated carbocycles. The number of benzene rings is 1. The molecular formula is C16H27NO2. The van der Waals surface area contributed by atoms with E-state index in [4.69, 9.17) is 9.47 Å². The predicted molar refractivity (Wildman–Crippen MR) is 79.6 cm³/mol. The van der Waals surface area contributed by atoms with Crippen LogP contribution < -0.4 is 5.32 Å². The lowest BCUT2D eigenvalue weighted by molar-refractivity contribution is 0.159. The number of hydrogen-bond donors (Lipinski definition) is 1. The van der Waals surface area contributed by atoms with Crippen LogP contribution >= 0.6 is 0 Å². The van der Waals surface area contributed by atoms with Crippen molar-refractivity contribution in [1.29, 1.82) is 0 Å². The van der Waals surface area contributed by atoms with Crippen LogP contribution in [0.3, 0.4) is 0 Å². The van der Waals surface area contributed by atoms with Gasteiger partial charge in [-0.15, -0.1) is 0 Å². The second-order valence-electron chi connectivity index (χ2n) is 4.91. The van der Waals surface area contributed by atoms with E-state index < -0.39 is 0 Å². The van der Waals surface area contributed by atoms with Crippen molar-refractivity contribution in [2.75, 3.05) is 40.5 Å². The van der Waals surface area contributed by atoms with E-state index in [1.54, 1.807) is 14.2 Å². The van der Waals surface area contributed by atoms with Crippen LogP contribution in [0.5, 0.6) is 0 Å². The highest BCUT2D eigenvalue weighted by atomic mass is 16.5. The zero-order valence-electron chi connectivity index (χ0n) is 12.4. The summed E-state index contributed by atoms with van der Waals surface area (Å²) >= 11 is 0. The molecule has 1 rings (SSSR count). The average molecular weight is 265 g/mol. The lowest BCUT2D eigenvalue weighted by atomic mass is 9.75. The van der Waals surface area contributed by atoms with E-state index in [-0.39, 0.29) is 5.41 Å². The Labute approximate surface area is 117 Å². The van der Waals surface area contributed by atoms with Gasteiger partial charge in [0, 0.05) is 39.3 Å². The summed E-state index contributed by atoms with van der Waals surface area (Å²) in [5.41, 5.74) is 1.53. The first-order valence-corrected chi connectivity index (χ1v) is 7.03. The lowest BCUT2D eigenvalue weighted by Crippen LogP contribution is -2.40. The quantitative estimate of drug-likeness (QED) is 0.660. The van der Waals surface area contributed by atoms with Gasteiger partial charge < -0.3 is 14.8 Å². The topological polar surface area (TPSA) is 30.5 Å². The van der Waals surface area contributed by atoms with Crippen molar-refractivity contribution in [3.05, 3.63) is 35.9 Å². The molecule has 1 aromatic carbocycles. The Kier molecular flexibility index (Phi) is 7.72. The summed E-state index contributed by atoms with van der Waals surface area (Å²) in [7, 11) is 3.50. The van der Waals surface area contributed by atoms with Crippen LogP contribution in [0.1, 0.15) is 25.3 Å². The van der Waals surface area contributed by atoms with Crippen molar-refractivity contribution in [1.82, 2.24) is 5.32 Å². The second-order valence-corrected chi connectivity index (χ2v) is 4.91. The van der Waals surface area contributed by atoms with E-state index in [9.17, 15) is 0 Å². The molecule has 0 saturated heterocycles. The van der Waals surface area contributed by atoms with E-state index in [1.165, 1.54) is 5.56 Å². The van der Waals surface area contributed by atoms with Crippen LogP contribution in [0.4, 0.5) is 0 Å². The van der Waals surface area contributed by atoms with Gasteiger partial charge in [0.1, 0.15) is 0 Å². The highest BCUT2D eigenvalue weighted by Gasteiger charge is 2.29. The summed E-state index contributed by atoms with van der Waals surface area (Å²) < 4.78 is 10.4. The summed E-state index contributed by atoms with van der Waals surface area (Å²) in [6.07, 6.45) is 2.13. The highest BCUT2D eigenvalue weighted by Crippen LogP contribution is 2.31. The molecule has 1 aromatic rings. The van der Waals surface area contributed by atoms with Gasteiger partial charge in [-0.3, -0.25) is 0 Å². The number of hydrogen-bond acceptors (Lipinski definition) is 3. The van der Waals surface area contributed by atoms with Gasteiger partial charge in [-0.2, -0.15) is 0 Å². The number of ether oxygens (including phenoxy) is 2. The highest BCUT2D eigenvalue weighted by molar-refractivity contribution is 5.26. The van der Waals surface area contributed by atoms with Crippen molar-refractivity contribution in [2.24, 2.45) is 0 Å². The monoisotopic (exact) mass is 265 g/mol. The van der Waals surface area contributed by atoms with Crippen LogP contribution in [0, 0.1) is 0 Å². The summed E-state index contributed by atoms with van der Waals surface area (Å²) in [4.78, 5) is 0. The third-order valence-electron chi connectivity index (χ3n) is 3.79. The molecule has 0 heterocycles. The lowest BCUT2D eigenvalue weighted by Gasteiger charge is -2.34. The summed E-state index contributed by atoms with van der Waals surface area (Å²) in [5.74, 6) is 0. The molecular weight excluding hydrogens is 238 g/mol. The van der Waals surface area contributed by atoms with Gasteiger partial charge in [-0.05, 0) is 18.4 Å². The maximum absolute atomic E-state index is 5.30. The van der Waals surface area contributed by atoms with Gasteiger partial charge in [0.25, 0.3) is 0 Å². The minimum atomic E-state index is 0.144. The van der Waals surface area contributed by atoms with Crippen molar-refractivity contribution in [2.45, 2.75) is 25.2 Å². The predicted octanol–water partition coefficient (Wildman–Crippen LogP) is 2.61. The minimum Gasteiger partial charge on any atom is -0.385 e. The molecule has 0 aromatic heterocycles. The van der Waals surface area contributed by atoms with Crippen molar-refractivity contribution in [3.63, 3.8) is 0 Å². The Morgan fingerprint density at radius 2 is 1.74 bits per heavy atom. The van der Waals surface area contributed by atoms with E-state index >= 15 is 0 Å². The maximum atomic E-state index is 5.30. The molecule has 0 aliphatic carbocycles. The molecule has 0 fully saturated rings. The largest absolute Gasteiger partial charge is 0.385 e. The SMILES string of the molecule is CCC(CCOC)(CNCCOC)c1ccccc1. The van der Waals surface area contributed by atoms with Gasteiger partial charge in [0.2, 0.25) is 0 Å². The molecule has 0 amide bonds. The summed E-state index contributed by atoms with van der Waals surface area (Å²) in [6, 6.07) is 10.7. The number of methoxy groups -OCH3 is 2. The zero-order valence-corrected chi connectivity index (χ0v) is 12.4. The van der Waals surface area contributed by atoms with Crippen LogP contribution in [-0.2, 0) is 14.9 Å². The van der Waals surface area contributed by atoms with Crippen molar-refractivity contribution >= 4 is 0 Å². The van der Waals surface area contributed by atoms with Crippen LogP contribution in [0.15, 0.2) is 30.3 Å². The molecule has 0 bridgehead atoms. The fourth-order valence-electron chi connectivity index (χ4n) is 2.43. The first-order valence-electron chi connectivity index (χ1n) is 7.03. The molecule has 108 valence electrons. The molecule has 0 aliphatic rings. The molecule has 1 N–H and O–H groups in total.